The Labute approximate surface area is 123 Å². The lowest BCUT2D eigenvalue weighted by molar-refractivity contribution is -0.126. The van der Waals surface area contributed by atoms with Gasteiger partial charge in [-0.2, -0.15) is 0 Å². The van der Waals surface area contributed by atoms with Crippen LogP contribution in [0.25, 0.3) is 0 Å². The predicted octanol–water partition coefficient (Wildman–Crippen LogP) is 3.27. The number of nitrogens with zero attached hydrogens (tertiary/aromatic N) is 1. The standard InChI is InChI=1S/C16H18N2OS/c19-15(18-12-13-6-1-4-10-17-13)16(8-2-3-9-16)14-7-5-11-20-14/h1,4-7,10-11H,2-3,8-9,12H2,(H,18,19). The summed E-state index contributed by atoms with van der Waals surface area (Å²) in [6.07, 6.45) is 5.94. The number of pyridine rings is 1. The van der Waals surface area contributed by atoms with Crippen molar-refractivity contribution in [2.45, 2.75) is 37.6 Å². The molecule has 1 fully saturated rings. The molecule has 0 spiro atoms. The van der Waals surface area contributed by atoms with Gasteiger partial charge in [-0.25, -0.2) is 0 Å². The molecule has 1 aliphatic rings. The summed E-state index contributed by atoms with van der Waals surface area (Å²) in [5.41, 5.74) is 0.600. The summed E-state index contributed by atoms with van der Waals surface area (Å²) in [4.78, 5) is 18.2. The second kappa shape index (κ2) is 5.75. The summed E-state index contributed by atoms with van der Waals surface area (Å²) in [5.74, 6) is 0.156. The minimum atomic E-state index is -0.303. The fourth-order valence-corrected chi connectivity index (χ4v) is 3.94. The van der Waals surface area contributed by atoms with Gasteiger partial charge in [0.05, 0.1) is 17.7 Å². The Hall–Kier alpha value is -1.68. The molecule has 4 heteroatoms. The molecule has 2 aromatic heterocycles. The number of carbonyl (C=O) groups is 1. The molecule has 104 valence electrons. The maximum Gasteiger partial charge on any atom is 0.231 e. The van der Waals surface area contributed by atoms with Crippen molar-refractivity contribution in [3.05, 3.63) is 52.5 Å². The highest BCUT2D eigenvalue weighted by atomic mass is 32.1. The number of rotatable bonds is 4. The zero-order valence-corrected chi connectivity index (χ0v) is 12.2. The molecular weight excluding hydrogens is 268 g/mol. The predicted molar refractivity (Wildman–Crippen MR) is 80.5 cm³/mol. The van der Waals surface area contributed by atoms with Gasteiger partial charge in [0.25, 0.3) is 0 Å². The van der Waals surface area contributed by atoms with Gasteiger partial charge in [0.2, 0.25) is 5.91 Å². The third-order valence-corrected chi connectivity index (χ3v) is 5.11. The van der Waals surface area contributed by atoms with Crippen LogP contribution in [0.5, 0.6) is 0 Å². The van der Waals surface area contributed by atoms with Crippen molar-refractivity contribution in [2.24, 2.45) is 0 Å². The van der Waals surface area contributed by atoms with E-state index < -0.39 is 0 Å². The first-order valence-electron chi connectivity index (χ1n) is 7.03. The molecule has 1 amide bonds. The van der Waals surface area contributed by atoms with E-state index in [1.54, 1.807) is 17.5 Å². The molecule has 0 aliphatic heterocycles. The summed E-state index contributed by atoms with van der Waals surface area (Å²) in [6.45, 7) is 0.507. The molecular formula is C16H18N2OS. The Kier molecular flexibility index (Phi) is 3.83. The highest BCUT2D eigenvalue weighted by Crippen LogP contribution is 2.43. The monoisotopic (exact) mass is 286 g/mol. The lowest BCUT2D eigenvalue weighted by atomic mass is 9.83. The lowest BCUT2D eigenvalue weighted by Crippen LogP contribution is -2.41. The molecule has 20 heavy (non-hydrogen) atoms. The van der Waals surface area contributed by atoms with E-state index in [4.69, 9.17) is 0 Å². The third-order valence-electron chi connectivity index (χ3n) is 4.04. The van der Waals surface area contributed by atoms with Crippen molar-refractivity contribution in [3.8, 4) is 0 Å². The summed E-state index contributed by atoms with van der Waals surface area (Å²) < 4.78 is 0. The van der Waals surface area contributed by atoms with Gasteiger partial charge in [-0.05, 0) is 36.4 Å². The van der Waals surface area contributed by atoms with Gasteiger partial charge in [-0.3, -0.25) is 9.78 Å². The van der Waals surface area contributed by atoms with Crippen molar-refractivity contribution in [1.82, 2.24) is 10.3 Å². The van der Waals surface area contributed by atoms with Gasteiger partial charge in [-0.1, -0.05) is 25.0 Å². The van der Waals surface area contributed by atoms with E-state index in [1.807, 2.05) is 24.3 Å². The van der Waals surface area contributed by atoms with Crippen LogP contribution < -0.4 is 5.32 Å². The number of nitrogens with one attached hydrogen (secondary N) is 1. The maximum absolute atomic E-state index is 12.7. The van der Waals surface area contributed by atoms with Crippen LogP contribution in [-0.2, 0) is 16.8 Å². The molecule has 1 aliphatic carbocycles. The zero-order valence-electron chi connectivity index (χ0n) is 11.3. The van der Waals surface area contributed by atoms with Gasteiger partial charge < -0.3 is 5.32 Å². The Bertz CT molecular complexity index is 559. The maximum atomic E-state index is 12.7. The van der Waals surface area contributed by atoms with Crippen LogP contribution in [0, 0.1) is 0 Å². The number of aromatic nitrogens is 1. The van der Waals surface area contributed by atoms with Crippen molar-refractivity contribution in [3.63, 3.8) is 0 Å². The van der Waals surface area contributed by atoms with E-state index >= 15 is 0 Å². The Balaban J connectivity index is 1.74. The van der Waals surface area contributed by atoms with Crippen LogP contribution >= 0.6 is 11.3 Å². The Morgan fingerprint density at radius 3 is 2.75 bits per heavy atom. The smallest absolute Gasteiger partial charge is 0.231 e. The quantitative estimate of drug-likeness (QED) is 0.937. The molecule has 1 saturated carbocycles. The van der Waals surface area contributed by atoms with E-state index in [2.05, 4.69) is 21.7 Å². The molecule has 2 aromatic rings. The average Bonchev–Trinajstić information content (AvgIpc) is 3.17. The molecule has 1 N–H and O–H groups in total. The lowest BCUT2D eigenvalue weighted by Gasteiger charge is -2.26. The SMILES string of the molecule is O=C(NCc1ccccn1)C1(c2cccs2)CCCC1. The van der Waals surface area contributed by atoms with Crippen LogP contribution in [0.4, 0.5) is 0 Å². The topological polar surface area (TPSA) is 42.0 Å². The number of amides is 1. The van der Waals surface area contributed by atoms with Gasteiger partial charge in [0.1, 0.15) is 0 Å². The molecule has 2 heterocycles. The minimum absolute atomic E-state index is 0.156. The van der Waals surface area contributed by atoms with Crippen molar-refractivity contribution in [1.29, 1.82) is 0 Å². The Morgan fingerprint density at radius 2 is 2.10 bits per heavy atom. The zero-order chi connectivity index (χ0) is 13.8. The Morgan fingerprint density at radius 1 is 1.25 bits per heavy atom. The minimum Gasteiger partial charge on any atom is -0.350 e. The van der Waals surface area contributed by atoms with E-state index in [1.165, 1.54) is 4.88 Å². The van der Waals surface area contributed by atoms with Gasteiger partial charge in [0, 0.05) is 11.1 Å². The molecule has 0 bridgehead atoms. The molecule has 0 atom stereocenters. The number of hydrogen-bond acceptors (Lipinski definition) is 3. The second-order valence-corrected chi connectivity index (χ2v) is 6.22. The highest BCUT2D eigenvalue weighted by Gasteiger charge is 2.43. The third kappa shape index (κ3) is 2.48. The van der Waals surface area contributed by atoms with Crippen molar-refractivity contribution < 1.29 is 4.79 Å². The molecule has 3 rings (SSSR count). The van der Waals surface area contributed by atoms with E-state index in [0.717, 1.165) is 31.4 Å². The van der Waals surface area contributed by atoms with Crippen molar-refractivity contribution in [2.75, 3.05) is 0 Å². The van der Waals surface area contributed by atoms with Crippen LogP contribution in [-0.4, -0.2) is 10.9 Å². The van der Waals surface area contributed by atoms with Crippen LogP contribution in [0.1, 0.15) is 36.3 Å². The van der Waals surface area contributed by atoms with Gasteiger partial charge in [0.15, 0.2) is 0 Å². The molecule has 0 aromatic carbocycles. The molecule has 0 saturated heterocycles. The average molecular weight is 286 g/mol. The normalized spacial score (nSPS) is 17.0. The number of hydrogen-bond donors (Lipinski definition) is 1. The van der Waals surface area contributed by atoms with Crippen LogP contribution in [0.3, 0.4) is 0 Å². The summed E-state index contributed by atoms with van der Waals surface area (Å²) in [7, 11) is 0. The summed E-state index contributed by atoms with van der Waals surface area (Å²) >= 11 is 1.69. The molecule has 3 nitrogen and oxygen atoms in total. The number of carbonyl (C=O) groups excluding carboxylic acids is 1. The fraction of sp³-hybridized carbons (Fsp3) is 0.375. The summed E-state index contributed by atoms with van der Waals surface area (Å²) in [6, 6.07) is 9.89. The van der Waals surface area contributed by atoms with Gasteiger partial charge in [-0.15, -0.1) is 11.3 Å². The fourth-order valence-electron chi connectivity index (χ4n) is 2.96. The molecule has 0 unspecified atom stereocenters. The first-order valence-corrected chi connectivity index (χ1v) is 7.91. The highest BCUT2D eigenvalue weighted by molar-refractivity contribution is 7.10. The van der Waals surface area contributed by atoms with Crippen LogP contribution in [0.15, 0.2) is 41.9 Å². The number of thiophene rings is 1. The van der Waals surface area contributed by atoms with E-state index in [0.29, 0.717) is 6.54 Å². The van der Waals surface area contributed by atoms with Crippen LogP contribution in [0.2, 0.25) is 0 Å². The van der Waals surface area contributed by atoms with E-state index in [-0.39, 0.29) is 11.3 Å². The first kappa shape index (κ1) is 13.3. The second-order valence-electron chi connectivity index (χ2n) is 5.27. The molecule has 0 radical (unpaired) electrons. The first-order chi connectivity index (χ1) is 9.81. The van der Waals surface area contributed by atoms with E-state index in [9.17, 15) is 4.79 Å². The van der Waals surface area contributed by atoms with Crippen molar-refractivity contribution >= 4 is 17.2 Å². The van der Waals surface area contributed by atoms with Gasteiger partial charge >= 0.3 is 0 Å². The largest absolute Gasteiger partial charge is 0.350 e. The summed E-state index contributed by atoms with van der Waals surface area (Å²) in [5, 5.41) is 5.13.